The lowest BCUT2D eigenvalue weighted by Crippen LogP contribution is -2.54. The number of halogens is 2. The van der Waals surface area contributed by atoms with Gasteiger partial charge in [0.15, 0.2) is 0 Å². The molecule has 8 heteroatoms. The van der Waals surface area contributed by atoms with Crippen LogP contribution >= 0.6 is 23.2 Å². The van der Waals surface area contributed by atoms with Gasteiger partial charge >= 0.3 is 0 Å². The molecule has 0 saturated carbocycles. The van der Waals surface area contributed by atoms with E-state index >= 15 is 0 Å². The van der Waals surface area contributed by atoms with Gasteiger partial charge in [0.05, 0.1) is 23.9 Å². The molecule has 1 aromatic heterocycles. The van der Waals surface area contributed by atoms with Crippen LogP contribution < -0.4 is 4.90 Å². The molecule has 0 aliphatic carbocycles. The predicted molar refractivity (Wildman–Crippen MR) is 140 cm³/mol. The van der Waals surface area contributed by atoms with Gasteiger partial charge in [-0.15, -0.1) is 0 Å². The standard InChI is InChI=1S/C27H29Cl2N5O/c1-17(22-7-5-21(28)11-24(22)29)23-6-4-18(12-30)26-27(23)32-25(13-31-26)34-15-20(16-34)19-3-2-8-33(14-19)9-10-35/h4-7,11,13,17,19-20,35H,2-3,8-10,14-16H2,1H3/t17-,19+/m1/s1. The van der Waals surface area contributed by atoms with Crippen LogP contribution in [0.15, 0.2) is 36.5 Å². The number of hydrogen-bond acceptors (Lipinski definition) is 6. The third-order valence-corrected chi connectivity index (χ3v) is 8.15. The Hall–Kier alpha value is -2.43. The molecular formula is C27H29Cl2N5O. The Morgan fingerprint density at radius 2 is 1.91 bits per heavy atom. The van der Waals surface area contributed by atoms with E-state index < -0.39 is 0 Å². The van der Waals surface area contributed by atoms with Crippen LogP contribution in [-0.2, 0) is 0 Å². The second kappa shape index (κ2) is 10.3. The molecule has 0 amide bonds. The summed E-state index contributed by atoms with van der Waals surface area (Å²) in [5, 5.41) is 20.2. The van der Waals surface area contributed by atoms with Gasteiger partial charge in [-0.05, 0) is 60.5 Å². The minimum absolute atomic E-state index is 0.0385. The number of likely N-dealkylation sites (tertiary alicyclic amines) is 1. The molecule has 0 spiro atoms. The normalized spacial score (nSPS) is 20.0. The van der Waals surface area contributed by atoms with E-state index in [1.54, 1.807) is 12.3 Å². The number of aliphatic hydroxyl groups is 1. The molecule has 182 valence electrons. The van der Waals surface area contributed by atoms with Gasteiger partial charge in [0, 0.05) is 42.1 Å². The highest BCUT2D eigenvalue weighted by atomic mass is 35.5. The summed E-state index contributed by atoms with van der Waals surface area (Å²) in [5.74, 6) is 2.10. The van der Waals surface area contributed by atoms with Crippen molar-refractivity contribution in [2.45, 2.75) is 25.7 Å². The summed E-state index contributed by atoms with van der Waals surface area (Å²) in [7, 11) is 0. The molecule has 1 N–H and O–H groups in total. The van der Waals surface area contributed by atoms with Gasteiger partial charge < -0.3 is 14.9 Å². The Balaban J connectivity index is 1.41. The van der Waals surface area contributed by atoms with Crippen LogP contribution in [0.4, 0.5) is 5.82 Å². The number of fused-ring (bicyclic) bond motifs is 1. The van der Waals surface area contributed by atoms with Crippen molar-refractivity contribution in [3.8, 4) is 6.07 Å². The summed E-state index contributed by atoms with van der Waals surface area (Å²) in [6, 6.07) is 11.6. The zero-order valence-corrected chi connectivity index (χ0v) is 21.3. The molecule has 2 aliphatic heterocycles. The van der Waals surface area contributed by atoms with Gasteiger partial charge in [-0.25, -0.2) is 9.97 Å². The van der Waals surface area contributed by atoms with Crippen LogP contribution in [0.1, 0.15) is 42.4 Å². The Morgan fingerprint density at radius 3 is 2.66 bits per heavy atom. The average molecular weight is 510 g/mol. The van der Waals surface area contributed by atoms with E-state index in [1.807, 2.05) is 24.3 Å². The number of hydrogen-bond donors (Lipinski definition) is 1. The fourth-order valence-electron chi connectivity index (χ4n) is 5.54. The minimum atomic E-state index is -0.0385. The van der Waals surface area contributed by atoms with Crippen molar-refractivity contribution in [3.05, 3.63) is 63.3 Å². The monoisotopic (exact) mass is 509 g/mol. The van der Waals surface area contributed by atoms with Crippen molar-refractivity contribution >= 4 is 40.1 Å². The van der Waals surface area contributed by atoms with E-state index in [2.05, 4.69) is 27.8 Å². The lowest BCUT2D eigenvalue weighted by molar-refractivity contribution is 0.101. The highest BCUT2D eigenvalue weighted by Gasteiger charge is 2.36. The Kier molecular flexibility index (Phi) is 7.13. The number of aliphatic hydroxyl groups excluding tert-OH is 1. The molecule has 0 radical (unpaired) electrons. The highest BCUT2D eigenvalue weighted by molar-refractivity contribution is 6.35. The first-order valence-electron chi connectivity index (χ1n) is 12.2. The minimum Gasteiger partial charge on any atom is -0.395 e. The molecule has 2 aromatic carbocycles. The van der Waals surface area contributed by atoms with Crippen LogP contribution in [0.25, 0.3) is 11.0 Å². The second-order valence-corrected chi connectivity index (χ2v) is 10.6. The van der Waals surface area contributed by atoms with Crippen molar-refractivity contribution in [2.75, 3.05) is 44.2 Å². The Labute approximate surface area is 216 Å². The molecule has 35 heavy (non-hydrogen) atoms. The first kappa shape index (κ1) is 24.3. The van der Waals surface area contributed by atoms with Crippen LogP contribution in [-0.4, -0.2) is 59.3 Å². The first-order valence-corrected chi connectivity index (χ1v) is 13.0. The number of rotatable bonds is 6. The van der Waals surface area contributed by atoms with Crippen molar-refractivity contribution in [1.82, 2.24) is 14.9 Å². The highest BCUT2D eigenvalue weighted by Crippen LogP contribution is 2.37. The van der Waals surface area contributed by atoms with Gasteiger partial charge in [0.2, 0.25) is 0 Å². The molecule has 0 unspecified atom stereocenters. The SMILES string of the molecule is C[C@H](c1ccc(Cl)cc1Cl)c1ccc(C#N)c2ncc(N3CC([C@H]4CCCN(CCO)C4)C3)nc12. The van der Waals surface area contributed by atoms with Crippen molar-refractivity contribution < 1.29 is 5.11 Å². The number of nitrogens with zero attached hydrogens (tertiary/aromatic N) is 5. The maximum absolute atomic E-state index is 9.65. The van der Waals surface area contributed by atoms with Gasteiger partial charge in [0.25, 0.3) is 0 Å². The van der Waals surface area contributed by atoms with E-state index in [0.717, 1.165) is 55.2 Å². The molecule has 2 fully saturated rings. The third kappa shape index (κ3) is 4.83. The first-order chi connectivity index (χ1) is 17.0. The van der Waals surface area contributed by atoms with Crippen LogP contribution in [0, 0.1) is 23.2 Å². The summed E-state index contributed by atoms with van der Waals surface area (Å²) >= 11 is 12.6. The molecule has 6 nitrogen and oxygen atoms in total. The molecular weight excluding hydrogens is 481 g/mol. The largest absolute Gasteiger partial charge is 0.395 e. The van der Waals surface area contributed by atoms with Gasteiger partial charge in [-0.1, -0.05) is 42.3 Å². The molecule has 2 atom stereocenters. The summed E-state index contributed by atoms with van der Waals surface area (Å²) in [6.45, 7) is 7.16. The van der Waals surface area contributed by atoms with Crippen molar-refractivity contribution in [2.24, 2.45) is 11.8 Å². The fourth-order valence-corrected chi connectivity index (χ4v) is 6.11. The van der Waals surface area contributed by atoms with Gasteiger partial charge in [-0.3, -0.25) is 0 Å². The van der Waals surface area contributed by atoms with E-state index in [4.69, 9.17) is 28.2 Å². The summed E-state index contributed by atoms with van der Waals surface area (Å²) in [5.41, 5.74) is 3.83. The third-order valence-electron chi connectivity index (χ3n) is 7.59. The summed E-state index contributed by atoms with van der Waals surface area (Å²) in [6.07, 6.45) is 4.24. The van der Waals surface area contributed by atoms with Crippen LogP contribution in [0.3, 0.4) is 0 Å². The maximum atomic E-state index is 9.65. The number of nitriles is 1. The molecule has 3 aromatic rings. The molecule has 2 aliphatic rings. The number of piperidine rings is 1. The van der Waals surface area contributed by atoms with E-state index in [0.29, 0.717) is 33.0 Å². The van der Waals surface area contributed by atoms with Crippen molar-refractivity contribution in [1.29, 1.82) is 5.26 Å². The lowest BCUT2D eigenvalue weighted by Gasteiger charge is -2.47. The molecule has 2 saturated heterocycles. The zero-order chi connectivity index (χ0) is 24.5. The number of anilines is 1. The topological polar surface area (TPSA) is 76.3 Å². The maximum Gasteiger partial charge on any atom is 0.147 e. The summed E-state index contributed by atoms with van der Waals surface area (Å²) < 4.78 is 0. The number of aromatic nitrogens is 2. The Morgan fingerprint density at radius 1 is 1.11 bits per heavy atom. The number of benzene rings is 2. The molecule has 0 bridgehead atoms. The van der Waals surface area contributed by atoms with Gasteiger partial charge in [0.1, 0.15) is 17.4 Å². The van der Waals surface area contributed by atoms with Crippen LogP contribution in [0.2, 0.25) is 10.0 Å². The Bertz CT molecular complexity index is 1270. The molecule has 3 heterocycles. The zero-order valence-electron chi connectivity index (χ0n) is 19.8. The average Bonchev–Trinajstić information content (AvgIpc) is 2.82. The van der Waals surface area contributed by atoms with Crippen molar-refractivity contribution in [3.63, 3.8) is 0 Å². The van der Waals surface area contributed by atoms with E-state index in [1.165, 1.54) is 12.8 Å². The molecule has 5 rings (SSSR count). The van der Waals surface area contributed by atoms with Crippen LogP contribution in [0.5, 0.6) is 0 Å². The summed E-state index contributed by atoms with van der Waals surface area (Å²) in [4.78, 5) is 14.4. The van der Waals surface area contributed by atoms with E-state index in [9.17, 15) is 10.4 Å². The number of β-amino-alcohol motifs (C(OH)–C–C–N with tert-alkyl or cyclic N) is 1. The van der Waals surface area contributed by atoms with E-state index in [-0.39, 0.29) is 12.5 Å². The fraction of sp³-hybridized carbons (Fsp3) is 0.444. The van der Waals surface area contributed by atoms with Gasteiger partial charge in [-0.2, -0.15) is 5.26 Å². The predicted octanol–water partition coefficient (Wildman–Crippen LogP) is 5.10. The quantitative estimate of drug-likeness (QED) is 0.497. The lowest BCUT2D eigenvalue weighted by atomic mass is 9.80. The smallest absolute Gasteiger partial charge is 0.147 e. The second-order valence-electron chi connectivity index (χ2n) is 9.72.